The first kappa shape index (κ1) is 14.7. The fourth-order valence-electron chi connectivity index (χ4n) is 2.76. The molecule has 6 heteroatoms. The standard InChI is InChI=1S/C15H16ClNO3S/c16-11-3-1-10(2-4-11)14(5-6-14)12(18)17-15(13(19)20)7-8-21-9-15/h1-4H,5-9H2,(H,17,18)(H,19,20). The highest BCUT2D eigenvalue weighted by atomic mass is 35.5. The molecule has 1 saturated carbocycles. The molecule has 21 heavy (non-hydrogen) atoms. The third kappa shape index (κ3) is 2.53. The summed E-state index contributed by atoms with van der Waals surface area (Å²) in [6.07, 6.45) is 1.99. The highest BCUT2D eigenvalue weighted by Crippen LogP contribution is 2.49. The molecule has 0 radical (unpaired) electrons. The van der Waals surface area contributed by atoms with Gasteiger partial charge in [-0.1, -0.05) is 23.7 Å². The molecule has 2 fully saturated rings. The van der Waals surface area contributed by atoms with E-state index in [2.05, 4.69) is 5.32 Å². The van der Waals surface area contributed by atoms with E-state index in [1.807, 2.05) is 12.1 Å². The zero-order valence-electron chi connectivity index (χ0n) is 11.4. The van der Waals surface area contributed by atoms with Gasteiger partial charge in [-0.05, 0) is 42.7 Å². The molecule has 1 aliphatic heterocycles. The van der Waals surface area contributed by atoms with Crippen LogP contribution in [0.1, 0.15) is 24.8 Å². The Morgan fingerprint density at radius 1 is 1.19 bits per heavy atom. The number of halogens is 1. The molecule has 0 aromatic heterocycles. The van der Waals surface area contributed by atoms with Crippen molar-refractivity contribution in [1.29, 1.82) is 0 Å². The normalized spacial score (nSPS) is 26.3. The van der Waals surface area contributed by atoms with Crippen molar-refractivity contribution in [2.24, 2.45) is 0 Å². The molecule has 1 amide bonds. The van der Waals surface area contributed by atoms with Gasteiger partial charge < -0.3 is 10.4 Å². The third-order valence-corrected chi connectivity index (χ3v) is 5.81. The maximum atomic E-state index is 12.7. The summed E-state index contributed by atoms with van der Waals surface area (Å²) in [6, 6.07) is 7.24. The summed E-state index contributed by atoms with van der Waals surface area (Å²) < 4.78 is 0. The lowest BCUT2D eigenvalue weighted by atomic mass is 9.92. The average Bonchev–Trinajstić information content (AvgIpc) is 3.13. The molecule has 2 aliphatic rings. The Labute approximate surface area is 132 Å². The lowest BCUT2D eigenvalue weighted by Gasteiger charge is -2.27. The van der Waals surface area contributed by atoms with Crippen LogP contribution in [0.25, 0.3) is 0 Å². The number of hydrogen-bond donors (Lipinski definition) is 2. The topological polar surface area (TPSA) is 66.4 Å². The Hall–Kier alpha value is -1.20. The molecule has 2 N–H and O–H groups in total. The van der Waals surface area contributed by atoms with E-state index >= 15 is 0 Å². The molecule has 1 heterocycles. The minimum absolute atomic E-state index is 0.172. The summed E-state index contributed by atoms with van der Waals surface area (Å²) in [7, 11) is 0. The fraction of sp³-hybridized carbons (Fsp3) is 0.467. The smallest absolute Gasteiger partial charge is 0.330 e. The predicted octanol–water partition coefficient (Wildman–Crippen LogP) is 2.45. The van der Waals surface area contributed by atoms with Gasteiger partial charge in [0.2, 0.25) is 5.91 Å². The Balaban J connectivity index is 1.82. The molecule has 3 rings (SSSR count). The summed E-state index contributed by atoms with van der Waals surface area (Å²) in [6.45, 7) is 0. The number of carbonyl (C=O) groups excluding carboxylic acids is 1. The number of carbonyl (C=O) groups is 2. The number of rotatable bonds is 4. The second-order valence-electron chi connectivity index (χ2n) is 5.73. The molecule has 1 unspecified atom stereocenters. The van der Waals surface area contributed by atoms with E-state index in [1.165, 1.54) is 0 Å². The molecule has 4 nitrogen and oxygen atoms in total. The molecule has 1 aromatic carbocycles. The van der Waals surface area contributed by atoms with Crippen LogP contribution >= 0.6 is 23.4 Å². The second-order valence-corrected chi connectivity index (χ2v) is 7.27. The van der Waals surface area contributed by atoms with Crippen molar-refractivity contribution in [2.75, 3.05) is 11.5 Å². The Morgan fingerprint density at radius 2 is 1.86 bits per heavy atom. The second kappa shape index (κ2) is 5.21. The number of benzene rings is 1. The van der Waals surface area contributed by atoms with Crippen LogP contribution in [0.5, 0.6) is 0 Å². The Morgan fingerprint density at radius 3 is 2.33 bits per heavy atom. The zero-order valence-corrected chi connectivity index (χ0v) is 13.0. The van der Waals surface area contributed by atoms with Gasteiger partial charge in [-0.3, -0.25) is 4.79 Å². The number of hydrogen-bond acceptors (Lipinski definition) is 3. The van der Waals surface area contributed by atoms with Gasteiger partial charge in [0, 0.05) is 10.8 Å². The average molecular weight is 326 g/mol. The highest BCUT2D eigenvalue weighted by Gasteiger charge is 2.54. The Bertz CT molecular complexity index is 577. The monoisotopic (exact) mass is 325 g/mol. The molecule has 1 aliphatic carbocycles. The van der Waals surface area contributed by atoms with E-state index in [4.69, 9.17) is 11.6 Å². The van der Waals surface area contributed by atoms with Gasteiger partial charge in [-0.2, -0.15) is 11.8 Å². The van der Waals surface area contributed by atoms with Gasteiger partial charge in [0.15, 0.2) is 0 Å². The van der Waals surface area contributed by atoms with Crippen LogP contribution in [0.4, 0.5) is 0 Å². The number of carboxylic acids is 1. The van der Waals surface area contributed by atoms with Crippen LogP contribution in [0.15, 0.2) is 24.3 Å². The van der Waals surface area contributed by atoms with Crippen molar-refractivity contribution in [3.63, 3.8) is 0 Å². The van der Waals surface area contributed by atoms with Crippen LogP contribution in [0, 0.1) is 0 Å². The summed E-state index contributed by atoms with van der Waals surface area (Å²) in [5, 5.41) is 12.9. The minimum Gasteiger partial charge on any atom is -0.479 e. The number of thioether (sulfide) groups is 1. The van der Waals surface area contributed by atoms with Gasteiger partial charge in [-0.25, -0.2) is 4.79 Å². The zero-order chi connectivity index (χ0) is 15.1. The lowest BCUT2D eigenvalue weighted by Crippen LogP contribution is -2.57. The van der Waals surface area contributed by atoms with Gasteiger partial charge in [-0.15, -0.1) is 0 Å². The molecule has 0 bridgehead atoms. The Kier molecular flexibility index (Phi) is 3.66. The fourth-order valence-corrected chi connectivity index (χ4v) is 4.21. The van der Waals surface area contributed by atoms with Crippen LogP contribution in [-0.2, 0) is 15.0 Å². The summed E-state index contributed by atoms with van der Waals surface area (Å²) in [4.78, 5) is 24.2. The van der Waals surface area contributed by atoms with Crippen molar-refractivity contribution in [2.45, 2.75) is 30.2 Å². The van der Waals surface area contributed by atoms with Crippen molar-refractivity contribution < 1.29 is 14.7 Å². The molecular formula is C15H16ClNO3S. The maximum absolute atomic E-state index is 12.7. The van der Waals surface area contributed by atoms with E-state index in [1.54, 1.807) is 23.9 Å². The SMILES string of the molecule is O=C(O)C1(NC(=O)C2(c3ccc(Cl)cc3)CC2)CCSC1. The maximum Gasteiger partial charge on any atom is 0.330 e. The first-order valence-corrected chi connectivity index (χ1v) is 8.42. The first-order valence-electron chi connectivity index (χ1n) is 6.88. The van der Waals surface area contributed by atoms with Crippen molar-refractivity contribution in [3.8, 4) is 0 Å². The van der Waals surface area contributed by atoms with Crippen molar-refractivity contribution in [3.05, 3.63) is 34.9 Å². The van der Waals surface area contributed by atoms with E-state index in [9.17, 15) is 14.7 Å². The summed E-state index contributed by atoms with van der Waals surface area (Å²) >= 11 is 7.45. The van der Waals surface area contributed by atoms with Crippen LogP contribution in [0.3, 0.4) is 0 Å². The van der Waals surface area contributed by atoms with Crippen molar-refractivity contribution in [1.82, 2.24) is 5.32 Å². The van der Waals surface area contributed by atoms with Crippen molar-refractivity contribution >= 4 is 35.2 Å². The third-order valence-electron chi connectivity index (χ3n) is 4.37. The number of amides is 1. The first-order chi connectivity index (χ1) is 9.98. The summed E-state index contributed by atoms with van der Waals surface area (Å²) in [5.41, 5.74) is -0.764. The van der Waals surface area contributed by atoms with E-state index in [-0.39, 0.29) is 5.91 Å². The van der Waals surface area contributed by atoms with E-state index in [0.29, 0.717) is 17.2 Å². The quantitative estimate of drug-likeness (QED) is 0.892. The number of nitrogens with one attached hydrogen (secondary N) is 1. The largest absolute Gasteiger partial charge is 0.479 e. The van der Waals surface area contributed by atoms with E-state index < -0.39 is 16.9 Å². The minimum atomic E-state index is -1.11. The van der Waals surface area contributed by atoms with Gasteiger partial charge in [0.25, 0.3) is 0 Å². The van der Waals surface area contributed by atoms with Crippen LogP contribution in [-0.4, -0.2) is 34.0 Å². The molecule has 1 saturated heterocycles. The summed E-state index contributed by atoms with van der Waals surface area (Å²) in [5.74, 6) is 0.0909. The lowest BCUT2D eigenvalue weighted by molar-refractivity contribution is -0.146. The number of carboxylic acid groups (broad SMARTS) is 1. The van der Waals surface area contributed by atoms with Crippen LogP contribution in [0.2, 0.25) is 5.02 Å². The molecular weight excluding hydrogens is 310 g/mol. The molecule has 0 spiro atoms. The van der Waals surface area contributed by atoms with Crippen LogP contribution < -0.4 is 5.32 Å². The number of aliphatic carboxylic acids is 1. The van der Waals surface area contributed by atoms with Gasteiger partial charge in [0.05, 0.1) is 5.41 Å². The molecule has 1 aromatic rings. The molecule has 1 atom stereocenters. The van der Waals surface area contributed by atoms with Gasteiger partial charge >= 0.3 is 5.97 Å². The predicted molar refractivity (Wildman–Crippen MR) is 82.8 cm³/mol. The van der Waals surface area contributed by atoms with Gasteiger partial charge in [0.1, 0.15) is 5.54 Å². The van der Waals surface area contributed by atoms with E-state index in [0.717, 1.165) is 24.2 Å². The highest BCUT2D eigenvalue weighted by molar-refractivity contribution is 7.99. The molecule has 112 valence electrons.